The molecule has 1 saturated carbocycles. The molecular formula is C13H16ClNO2. The summed E-state index contributed by atoms with van der Waals surface area (Å²) in [5.74, 6) is 0.0957. The van der Waals surface area contributed by atoms with Crippen LogP contribution in [0.2, 0.25) is 5.02 Å². The van der Waals surface area contributed by atoms with Crippen molar-refractivity contribution < 1.29 is 9.90 Å². The summed E-state index contributed by atoms with van der Waals surface area (Å²) < 4.78 is 0. The zero-order valence-electron chi connectivity index (χ0n) is 9.74. The maximum atomic E-state index is 12.2. The number of likely N-dealkylation sites (N-methyl/N-ethyl adjacent to an activating group) is 1. The Morgan fingerprint density at radius 3 is 2.82 bits per heavy atom. The van der Waals surface area contributed by atoms with Crippen LogP contribution in [0.5, 0.6) is 0 Å². The summed E-state index contributed by atoms with van der Waals surface area (Å²) in [6, 6.07) is 7.30. The highest BCUT2D eigenvalue weighted by molar-refractivity contribution is 6.31. The Morgan fingerprint density at radius 2 is 2.18 bits per heavy atom. The topological polar surface area (TPSA) is 49.3 Å². The van der Waals surface area contributed by atoms with Gasteiger partial charge in [-0.1, -0.05) is 29.8 Å². The zero-order valence-corrected chi connectivity index (χ0v) is 10.5. The van der Waals surface area contributed by atoms with E-state index in [0.29, 0.717) is 24.3 Å². The van der Waals surface area contributed by atoms with Gasteiger partial charge in [0.25, 0.3) is 0 Å². The molecule has 2 atom stereocenters. The molecule has 0 spiro atoms. The van der Waals surface area contributed by atoms with Crippen LogP contribution in [0.4, 0.5) is 0 Å². The van der Waals surface area contributed by atoms with Gasteiger partial charge in [0.2, 0.25) is 0 Å². The first-order chi connectivity index (χ1) is 8.10. The molecule has 2 N–H and O–H groups in total. The van der Waals surface area contributed by atoms with Crippen LogP contribution in [-0.2, 0) is 10.3 Å². The number of hydrogen-bond donors (Lipinski definition) is 2. The van der Waals surface area contributed by atoms with Gasteiger partial charge in [-0.05, 0) is 25.1 Å². The third kappa shape index (κ3) is 2.10. The van der Waals surface area contributed by atoms with E-state index in [9.17, 15) is 9.90 Å². The highest BCUT2D eigenvalue weighted by Gasteiger charge is 2.44. The summed E-state index contributed by atoms with van der Waals surface area (Å²) in [6.07, 6.45) is 0.836. The predicted molar refractivity (Wildman–Crippen MR) is 67.1 cm³/mol. The van der Waals surface area contributed by atoms with Gasteiger partial charge in [-0.25, -0.2) is 0 Å². The van der Waals surface area contributed by atoms with Crippen molar-refractivity contribution in [3.05, 3.63) is 34.9 Å². The number of rotatable bonds is 2. The summed E-state index contributed by atoms with van der Waals surface area (Å²) in [5.41, 5.74) is -0.0800. The summed E-state index contributed by atoms with van der Waals surface area (Å²) in [7, 11) is 1.74. The van der Waals surface area contributed by atoms with Gasteiger partial charge in [0, 0.05) is 17.9 Å². The molecule has 1 fully saturated rings. The normalized spacial score (nSPS) is 29.4. The lowest BCUT2D eigenvalue weighted by Crippen LogP contribution is -2.52. The van der Waals surface area contributed by atoms with E-state index in [1.807, 2.05) is 18.2 Å². The number of ketones is 1. The van der Waals surface area contributed by atoms with Gasteiger partial charge < -0.3 is 10.4 Å². The molecule has 92 valence electrons. The third-order valence-corrected chi connectivity index (χ3v) is 3.81. The van der Waals surface area contributed by atoms with Crippen molar-refractivity contribution in [2.45, 2.75) is 30.9 Å². The highest BCUT2D eigenvalue weighted by Crippen LogP contribution is 2.37. The van der Waals surface area contributed by atoms with E-state index in [2.05, 4.69) is 5.32 Å². The molecule has 2 rings (SSSR count). The molecule has 0 bridgehead atoms. The number of carbonyl (C=O) groups is 1. The Kier molecular flexibility index (Phi) is 3.52. The summed E-state index contributed by atoms with van der Waals surface area (Å²) in [5, 5.41) is 13.4. The Bertz CT molecular complexity index is 435. The quantitative estimate of drug-likeness (QED) is 0.846. The van der Waals surface area contributed by atoms with Crippen molar-refractivity contribution in [1.82, 2.24) is 5.32 Å². The second-order valence-electron chi connectivity index (χ2n) is 4.45. The number of hydrogen-bond acceptors (Lipinski definition) is 3. The fourth-order valence-electron chi connectivity index (χ4n) is 2.52. The van der Waals surface area contributed by atoms with Crippen LogP contribution in [0.25, 0.3) is 0 Å². The van der Waals surface area contributed by atoms with Crippen molar-refractivity contribution in [3.63, 3.8) is 0 Å². The SMILES string of the molecule is CN[C@@]1(c2ccccc2Cl)C[C@H](O)CCC1=O. The van der Waals surface area contributed by atoms with E-state index in [4.69, 9.17) is 11.6 Å². The lowest BCUT2D eigenvalue weighted by Gasteiger charge is -2.38. The second-order valence-corrected chi connectivity index (χ2v) is 4.86. The van der Waals surface area contributed by atoms with E-state index in [-0.39, 0.29) is 5.78 Å². The third-order valence-electron chi connectivity index (χ3n) is 3.48. The molecule has 0 aromatic heterocycles. The van der Waals surface area contributed by atoms with E-state index in [0.717, 1.165) is 5.56 Å². The number of carbonyl (C=O) groups excluding carboxylic acids is 1. The van der Waals surface area contributed by atoms with Crippen molar-refractivity contribution in [2.75, 3.05) is 7.05 Å². The molecule has 0 radical (unpaired) electrons. The highest BCUT2D eigenvalue weighted by atomic mass is 35.5. The molecule has 4 heteroatoms. The van der Waals surface area contributed by atoms with Crippen LogP contribution in [-0.4, -0.2) is 24.0 Å². The lowest BCUT2D eigenvalue weighted by atomic mass is 9.74. The molecule has 0 amide bonds. The van der Waals surface area contributed by atoms with E-state index >= 15 is 0 Å². The van der Waals surface area contributed by atoms with Crippen LogP contribution in [0, 0.1) is 0 Å². The van der Waals surface area contributed by atoms with Crippen LogP contribution < -0.4 is 5.32 Å². The zero-order chi connectivity index (χ0) is 12.5. The second kappa shape index (κ2) is 4.77. The number of nitrogens with one attached hydrogen (secondary N) is 1. The molecule has 1 aromatic carbocycles. The van der Waals surface area contributed by atoms with Gasteiger partial charge in [0.1, 0.15) is 5.54 Å². The smallest absolute Gasteiger partial charge is 0.157 e. The predicted octanol–water partition coefficient (Wildman–Crippen LogP) is 1.87. The Hall–Kier alpha value is -0.900. The van der Waals surface area contributed by atoms with Crippen molar-refractivity contribution in [1.29, 1.82) is 0 Å². The monoisotopic (exact) mass is 253 g/mol. The molecular weight excluding hydrogens is 238 g/mol. The van der Waals surface area contributed by atoms with E-state index < -0.39 is 11.6 Å². The number of halogens is 1. The average Bonchev–Trinajstić information content (AvgIpc) is 2.33. The van der Waals surface area contributed by atoms with Crippen LogP contribution in [0.15, 0.2) is 24.3 Å². The van der Waals surface area contributed by atoms with Gasteiger partial charge in [-0.2, -0.15) is 0 Å². The molecule has 0 unspecified atom stereocenters. The summed E-state index contributed by atoms with van der Waals surface area (Å²) in [4.78, 5) is 12.2. The van der Waals surface area contributed by atoms with Gasteiger partial charge in [-0.3, -0.25) is 4.79 Å². The Balaban J connectivity index is 2.49. The Labute approximate surface area is 106 Å². The molecule has 3 nitrogen and oxygen atoms in total. The van der Waals surface area contributed by atoms with Crippen molar-refractivity contribution in [3.8, 4) is 0 Å². The first-order valence-corrected chi connectivity index (χ1v) is 6.13. The largest absolute Gasteiger partial charge is 0.393 e. The summed E-state index contributed by atoms with van der Waals surface area (Å²) >= 11 is 6.17. The average molecular weight is 254 g/mol. The number of benzene rings is 1. The van der Waals surface area contributed by atoms with E-state index in [1.54, 1.807) is 13.1 Å². The molecule has 1 aromatic rings. The first-order valence-electron chi connectivity index (χ1n) is 5.75. The van der Waals surface area contributed by atoms with Gasteiger partial charge >= 0.3 is 0 Å². The van der Waals surface area contributed by atoms with E-state index in [1.165, 1.54) is 0 Å². The number of aliphatic hydroxyl groups is 1. The van der Waals surface area contributed by atoms with Crippen molar-refractivity contribution in [2.24, 2.45) is 0 Å². The minimum absolute atomic E-state index is 0.0957. The lowest BCUT2D eigenvalue weighted by molar-refractivity contribution is -0.130. The Morgan fingerprint density at radius 1 is 1.47 bits per heavy atom. The molecule has 0 heterocycles. The molecule has 0 saturated heterocycles. The van der Waals surface area contributed by atoms with Crippen LogP contribution in [0.1, 0.15) is 24.8 Å². The number of aliphatic hydroxyl groups excluding tert-OH is 1. The van der Waals surface area contributed by atoms with Crippen LogP contribution >= 0.6 is 11.6 Å². The minimum atomic E-state index is -0.837. The van der Waals surface area contributed by atoms with Gasteiger partial charge in [0.05, 0.1) is 6.10 Å². The first kappa shape index (κ1) is 12.6. The summed E-state index contributed by atoms with van der Waals surface area (Å²) in [6.45, 7) is 0. The van der Waals surface area contributed by atoms with Crippen LogP contribution in [0.3, 0.4) is 0 Å². The molecule has 17 heavy (non-hydrogen) atoms. The van der Waals surface area contributed by atoms with Gasteiger partial charge in [-0.15, -0.1) is 0 Å². The maximum Gasteiger partial charge on any atom is 0.157 e. The fraction of sp³-hybridized carbons (Fsp3) is 0.462. The van der Waals surface area contributed by atoms with Crippen molar-refractivity contribution >= 4 is 17.4 Å². The number of Topliss-reactive ketones (excluding diaryl/α,β-unsaturated/α-hetero) is 1. The molecule has 0 aliphatic heterocycles. The van der Waals surface area contributed by atoms with Gasteiger partial charge in [0.15, 0.2) is 5.78 Å². The molecule has 1 aliphatic carbocycles. The standard InChI is InChI=1S/C13H16ClNO2/c1-15-13(8-9(16)6-7-12(13)17)10-4-2-3-5-11(10)14/h2-5,9,15-16H,6-8H2,1H3/t9-,13-/m1/s1. The minimum Gasteiger partial charge on any atom is -0.393 e. The molecule has 1 aliphatic rings. The fourth-order valence-corrected chi connectivity index (χ4v) is 2.82. The maximum absolute atomic E-state index is 12.2.